The fraction of sp³-hybridized carbons (Fsp3) is 0.167. The zero-order valence-electron chi connectivity index (χ0n) is 11.9. The van der Waals surface area contributed by atoms with Gasteiger partial charge in [-0.3, -0.25) is 4.98 Å². The third kappa shape index (κ3) is 3.14. The first kappa shape index (κ1) is 14.2. The zero-order chi connectivity index (χ0) is 14.7. The summed E-state index contributed by atoms with van der Waals surface area (Å²) in [6.45, 7) is 0. The number of hydrogen-bond donors (Lipinski definition) is 1. The third-order valence-electron chi connectivity index (χ3n) is 3.79. The Labute approximate surface area is 133 Å². The monoisotopic (exact) mass is 340 g/mol. The summed E-state index contributed by atoms with van der Waals surface area (Å²) >= 11 is 3.48. The molecule has 0 radical (unpaired) electrons. The molecule has 106 valence electrons. The predicted molar refractivity (Wildman–Crippen MR) is 91.4 cm³/mol. The van der Waals surface area contributed by atoms with Crippen LogP contribution in [-0.4, -0.2) is 12.0 Å². The highest BCUT2D eigenvalue weighted by atomic mass is 79.9. The molecule has 1 aromatic heterocycles. The minimum Gasteiger partial charge on any atom is -0.313 e. The summed E-state index contributed by atoms with van der Waals surface area (Å²) < 4.78 is 1.11. The number of halogens is 1. The highest BCUT2D eigenvalue weighted by molar-refractivity contribution is 9.10. The van der Waals surface area contributed by atoms with Gasteiger partial charge in [-0.1, -0.05) is 46.3 Å². The number of nitrogens with zero attached hydrogens (tertiary/aromatic N) is 1. The number of likely N-dealkylation sites (N-methyl/N-ethyl adjacent to an activating group) is 1. The quantitative estimate of drug-likeness (QED) is 0.756. The fourth-order valence-corrected chi connectivity index (χ4v) is 2.94. The van der Waals surface area contributed by atoms with Gasteiger partial charge in [0.05, 0.1) is 0 Å². The standard InChI is InChI=1S/C18H17BrN2/c1-20-18(11-13-5-7-15(19)8-6-13)17-4-2-3-14-12-21-10-9-16(14)17/h2-10,12,18,20H,11H2,1H3. The number of nitrogens with one attached hydrogen (secondary N) is 1. The molecule has 2 nitrogen and oxygen atoms in total. The Bertz CT molecular complexity index is 732. The summed E-state index contributed by atoms with van der Waals surface area (Å²) in [6, 6.07) is 17.3. The normalized spacial score (nSPS) is 12.5. The van der Waals surface area contributed by atoms with Crippen LogP contribution in [0.1, 0.15) is 17.2 Å². The Morgan fingerprint density at radius 3 is 2.67 bits per heavy atom. The van der Waals surface area contributed by atoms with Crippen molar-refractivity contribution in [3.05, 3.63) is 76.5 Å². The molecule has 1 atom stereocenters. The van der Waals surface area contributed by atoms with Gasteiger partial charge in [0, 0.05) is 28.3 Å². The number of fused-ring (bicyclic) bond motifs is 1. The first-order valence-corrected chi connectivity index (χ1v) is 7.81. The molecular weight excluding hydrogens is 324 g/mol. The van der Waals surface area contributed by atoms with Crippen LogP contribution >= 0.6 is 15.9 Å². The maximum atomic E-state index is 4.21. The maximum Gasteiger partial charge on any atom is 0.0364 e. The van der Waals surface area contributed by atoms with Gasteiger partial charge in [-0.15, -0.1) is 0 Å². The fourth-order valence-electron chi connectivity index (χ4n) is 2.68. The lowest BCUT2D eigenvalue weighted by Gasteiger charge is -2.19. The summed E-state index contributed by atoms with van der Waals surface area (Å²) in [7, 11) is 2.02. The topological polar surface area (TPSA) is 24.9 Å². The van der Waals surface area contributed by atoms with Crippen LogP contribution in [0.15, 0.2) is 65.4 Å². The lowest BCUT2D eigenvalue weighted by molar-refractivity contribution is 0.596. The second-order valence-electron chi connectivity index (χ2n) is 5.12. The van der Waals surface area contributed by atoms with Crippen molar-refractivity contribution in [2.75, 3.05) is 7.05 Å². The van der Waals surface area contributed by atoms with Crippen LogP contribution in [0.3, 0.4) is 0 Å². The van der Waals surface area contributed by atoms with Crippen molar-refractivity contribution in [1.82, 2.24) is 10.3 Å². The number of pyridine rings is 1. The molecule has 2 aromatic carbocycles. The minimum absolute atomic E-state index is 0.289. The van der Waals surface area contributed by atoms with Crippen LogP contribution in [0.2, 0.25) is 0 Å². The van der Waals surface area contributed by atoms with E-state index in [2.05, 4.69) is 74.8 Å². The molecule has 0 saturated carbocycles. The Morgan fingerprint density at radius 2 is 1.90 bits per heavy atom. The predicted octanol–water partition coefficient (Wildman–Crippen LogP) is 4.50. The molecule has 1 unspecified atom stereocenters. The molecule has 21 heavy (non-hydrogen) atoms. The van der Waals surface area contributed by atoms with Gasteiger partial charge in [0.25, 0.3) is 0 Å². The molecule has 3 rings (SSSR count). The smallest absolute Gasteiger partial charge is 0.0364 e. The van der Waals surface area contributed by atoms with E-state index in [0.717, 1.165) is 10.9 Å². The SMILES string of the molecule is CNC(Cc1ccc(Br)cc1)c1cccc2cnccc12. The lowest BCUT2D eigenvalue weighted by Crippen LogP contribution is -2.19. The third-order valence-corrected chi connectivity index (χ3v) is 4.32. The number of hydrogen-bond acceptors (Lipinski definition) is 2. The summed E-state index contributed by atoms with van der Waals surface area (Å²) in [4.78, 5) is 4.21. The molecule has 0 aliphatic carbocycles. The summed E-state index contributed by atoms with van der Waals surface area (Å²) in [5.41, 5.74) is 2.64. The van der Waals surface area contributed by atoms with Gasteiger partial charge in [0.1, 0.15) is 0 Å². The summed E-state index contributed by atoms with van der Waals surface area (Å²) in [5, 5.41) is 5.90. The van der Waals surface area contributed by atoms with Gasteiger partial charge in [-0.25, -0.2) is 0 Å². The van der Waals surface area contributed by atoms with Crippen molar-refractivity contribution in [1.29, 1.82) is 0 Å². The average molecular weight is 341 g/mol. The van der Waals surface area contributed by atoms with Gasteiger partial charge < -0.3 is 5.32 Å². The van der Waals surface area contributed by atoms with Crippen molar-refractivity contribution < 1.29 is 0 Å². The molecule has 3 aromatic rings. The second kappa shape index (κ2) is 6.37. The van der Waals surface area contributed by atoms with E-state index in [0.29, 0.717) is 0 Å². The Morgan fingerprint density at radius 1 is 1.10 bits per heavy atom. The second-order valence-corrected chi connectivity index (χ2v) is 6.03. The van der Waals surface area contributed by atoms with Gasteiger partial charge in [0.15, 0.2) is 0 Å². The molecule has 0 saturated heterocycles. The molecular formula is C18H17BrN2. The number of benzene rings is 2. The number of aromatic nitrogens is 1. The van der Waals surface area contributed by atoms with E-state index in [-0.39, 0.29) is 6.04 Å². The van der Waals surface area contributed by atoms with E-state index in [9.17, 15) is 0 Å². The first-order valence-electron chi connectivity index (χ1n) is 7.02. The van der Waals surface area contributed by atoms with Crippen molar-refractivity contribution in [2.45, 2.75) is 12.5 Å². The highest BCUT2D eigenvalue weighted by Crippen LogP contribution is 2.26. The van der Waals surface area contributed by atoms with Crippen LogP contribution in [0, 0.1) is 0 Å². The Hall–Kier alpha value is -1.71. The highest BCUT2D eigenvalue weighted by Gasteiger charge is 2.13. The molecule has 3 heteroatoms. The van der Waals surface area contributed by atoms with Gasteiger partial charge >= 0.3 is 0 Å². The lowest BCUT2D eigenvalue weighted by atomic mass is 9.95. The molecule has 0 aliphatic rings. The zero-order valence-corrected chi connectivity index (χ0v) is 13.5. The van der Waals surface area contributed by atoms with Crippen LogP contribution in [-0.2, 0) is 6.42 Å². The minimum atomic E-state index is 0.289. The maximum absolute atomic E-state index is 4.21. The average Bonchev–Trinajstić information content (AvgIpc) is 2.54. The van der Waals surface area contributed by atoms with Crippen molar-refractivity contribution in [2.24, 2.45) is 0 Å². The van der Waals surface area contributed by atoms with Gasteiger partial charge in [-0.2, -0.15) is 0 Å². The molecule has 1 heterocycles. The molecule has 0 spiro atoms. The molecule has 0 amide bonds. The first-order chi connectivity index (χ1) is 10.3. The van der Waals surface area contributed by atoms with Crippen LogP contribution in [0.5, 0.6) is 0 Å². The van der Waals surface area contributed by atoms with Gasteiger partial charge in [0.2, 0.25) is 0 Å². The molecule has 0 fully saturated rings. The molecule has 1 N–H and O–H groups in total. The van der Waals surface area contributed by atoms with Crippen molar-refractivity contribution in [3.8, 4) is 0 Å². The van der Waals surface area contributed by atoms with Crippen LogP contribution in [0.25, 0.3) is 10.8 Å². The Balaban J connectivity index is 1.96. The Kier molecular flexibility index (Phi) is 4.32. The van der Waals surface area contributed by atoms with Crippen LogP contribution < -0.4 is 5.32 Å². The van der Waals surface area contributed by atoms with E-state index >= 15 is 0 Å². The molecule has 0 bridgehead atoms. The van der Waals surface area contributed by atoms with E-state index in [1.54, 1.807) is 0 Å². The van der Waals surface area contributed by atoms with Gasteiger partial charge in [-0.05, 0) is 48.2 Å². The largest absolute Gasteiger partial charge is 0.313 e. The number of rotatable bonds is 4. The molecule has 0 aliphatic heterocycles. The van der Waals surface area contributed by atoms with E-state index < -0.39 is 0 Å². The summed E-state index contributed by atoms with van der Waals surface area (Å²) in [5.74, 6) is 0. The van der Waals surface area contributed by atoms with Crippen LogP contribution in [0.4, 0.5) is 0 Å². The van der Waals surface area contributed by atoms with Crippen molar-refractivity contribution in [3.63, 3.8) is 0 Å². The summed E-state index contributed by atoms with van der Waals surface area (Å²) in [6.07, 6.45) is 4.74. The van der Waals surface area contributed by atoms with Crippen molar-refractivity contribution >= 4 is 26.7 Å². The van der Waals surface area contributed by atoms with E-state index in [1.165, 1.54) is 21.9 Å². The van der Waals surface area contributed by atoms with E-state index in [1.807, 2.05) is 19.4 Å². The van der Waals surface area contributed by atoms with E-state index in [4.69, 9.17) is 0 Å².